The quantitative estimate of drug-likeness (QED) is 0.687. The minimum absolute atomic E-state index is 0.154. The van der Waals surface area contributed by atoms with Gasteiger partial charge in [-0.15, -0.1) is 0 Å². The Morgan fingerprint density at radius 1 is 1.43 bits per heavy atom. The third-order valence-electron chi connectivity index (χ3n) is 3.50. The van der Waals surface area contributed by atoms with E-state index < -0.39 is 0 Å². The van der Waals surface area contributed by atoms with Crippen LogP contribution in [0.5, 0.6) is 0 Å². The lowest BCUT2D eigenvalue weighted by atomic mass is 9.97. The molecule has 2 N–H and O–H groups in total. The Morgan fingerprint density at radius 3 is 2.86 bits per heavy atom. The molecule has 2 rings (SSSR count). The Bertz CT molecular complexity index is 527. The first-order valence-electron chi connectivity index (χ1n) is 7.03. The average molecular weight is 311 g/mol. The summed E-state index contributed by atoms with van der Waals surface area (Å²) in [5.74, 6) is -0.641. The van der Waals surface area contributed by atoms with Gasteiger partial charge in [0, 0.05) is 29.4 Å². The van der Waals surface area contributed by atoms with Crippen LogP contribution in [0.2, 0.25) is 5.02 Å². The summed E-state index contributed by atoms with van der Waals surface area (Å²) in [7, 11) is 0. The van der Waals surface area contributed by atoms with Crippen LogP contribution in [0.4, 0.5) is 5.69 Å². The number of likely N-dealkylation sites (tertiary alicyclic amines) is 1. The first-order chi connectivity index (χ1) is 10.0. The van der Waals surface area contributed by atoms with E-state index in [0.717, 1.165) is 12.8 Å². The van der Waals surface area contributed by atoms with E-state index in [2.05, 4.69) is 0 Å². The van der Waals surface area contributed by atoms with Crippen molar-refractivity contribution in [1.82, 2.24) is 4.90 Å². The first-order valence-corrected chi connectivity index (χ1v) is 7.41. The molecule has 1 saturated heterocycles. The van der Waals surface area contributed by atoms with Crippen LogP contribution in [0.25, 0.3) is 0 Å². The number of hydrogen-bond acceptors (Lipinski definition) is 4. The Morgan fingerprint density at radius 2 is 2.19 bits per heavy atom. The number of nitrogen functional groups attached to an aromatic ring is 1. The molecule has 1 fully saturated rings. The van der Waals surface area contributed by atoms with Gasteiger partial charge in [-0.1, -0.05) is 11.6 Å². The van der Waals surface area contributed by atoms with Gasteiger partial charge in [0.2, 0.25) is 0 Å². The first kappa shape index (κ1) is 15.6. The largest absolute Gasteiger partial charge is 0.466 e. The number of anilines is 1. The second-order valence-electron chi connectivity index (χ2n) is 5.12. The maximum Gasteiger partial charge on any atom is 0.310 e. The molecule has 114 valence electrons. The molecule has 21 heavy (non-hydrogen) atoms. The highest BCUT2D eigenvalue weighted by atomic mass is 35.5. The molecular formula is C15H19ClN2O3. The van der Waals surface area contributed by atoms with Crippen molar-refractivity contribution in [3.05, 3.63) is 28.8 Å². The van der Waals surface area contributed by atoms with Crippen LogP contribution in [0.1, 0.15) is 30.1 Å². The highest BCUT2D eigenvalue weighted by molar-refractivity contribution is 6.31. The van der Waals surface area contributed by atoms with Crippen LogP contribution < -0.4 is 5.73 Å². The monoisotopic (exact) mass is 310 g/mol. The van der Waals surface area contributed by atoms with Crippen LogP contribution in [0.3, 0.4) is 0 Å². The second-order valence-corrected chi connectivity index (χ2v) is 5.55. The smallest absolute Gasteiger partial charge is 0.310 e. The molecule has 1 atom stereocenters. The fraction of sp³-hybridized carbons (Fsp3) is 0.467. The number of carbonyl (C=O) groups excluding carboxylic acids is 2. The number of nitrogens with zero attached hydrogens (tertiary/aromatic N) is 1. The third kappa shape index (κ3) is 3.88. The van der Waals surface area contributed by atoms with E-state index >= 15 is 0 Å². The fourth-order valence-corrected chi connectivity index (χ4v) is 2.78. The molecular weight excluding hydrogens is 292 g/mol. The molecule has 0 radical (unpaired) electrons. The topological polar surface area (TPSA) is 72.6 Å². The zero-order valence-electron chi connectivity index (χ0n) is 12.0. The number of esters is 1. The lowest BCUT2D eigenvalue weighted by molar-refractivity contribution is -0.149. The molecule has 1 aliphatic heterocycles. The number of rotatable bonds is 3. The number of nitrogens with two attached hydrogens (primary N) is 1. The lowest BCUT2D eigenvalue weighted by Gasteiger charge is -2.31. The summed E-state index contributed by atoms with van der Waals surface area (Å²) in [6, 6.07) is 4.78. The van der Waals surface area contributed by atoms with Crippen LogP contribution >= 0.6 is 11.6 Å². The number of amides is 1. The predicted octanol–water partition coefficient (Wildman–Crippen LogP) is 2.34. The van der Waals surface area contributed by atoms with Gasteiger partial charge in [0.05, 0.1) is 12.5 Å². The highest BCUT2D eigenvalue weighted by Gasteiger charge is 2.29. The van der Waals surface area contributed by atoms with E-state index in [4.69, 9.17) is 22.1 Å². The Kier molecular flexibility index (Phi) is 5.07. The molecule has 1 unspecified atom stereocenters. The van der Waals surface area contributed by atoms with E-state index in [0.29, 0.717) is 36.0 Å². The molecule has 1 heterocycles. The van der Waals surface area contributed by atoms with Crippen LogP contribution in [0.15, 0.2) is 18.2 Å². The van der Waals surface area contributed by atoms with Gasteiger partial charge in [-0.2, -0.15) is 0 Å². The summed E-state index contributed by atoms with van der Waals surface area (Å²) in [5, 5.41) is 0.428. The molecule has 0 aromatic heterocycles. The molecule has 0 bridgehead atoms. The van der Waals surface area contributed by atoms with Crippen molar-refractivity contribution in [3.8, 4) is 0 Å². The van der Waals surface area contributed by atoms with Gasteiger partial charge in [-0.3, -0.25) is 9.59 Å². The van der Waals surface area contributed by atoms with Crippen LogP contribution in [-0.2, 0) is 9.53 Å². The van der Waals surface area contributed by atoms with E-state index in [9.17, 15) is 9.59 Å². The standard InChI is InChI=1S/C15H19ClN2O3/c1-2-21-15(20)10-4-3-5-18(9-10)14(19)11-6-12(16)8-13(17)7-11/h6-8,10H,2-5,9,17H2,1H3. The summed E-state index contributed by atoms with van der Waals surface area (Å²) in [5.41, 5.74) is 6.61. The molecule has 1 aromatic rings. The highest BCUT2D eigenvalue weighted by Crippen LogP contribution is 2.22. The van der Waals surface area contributed by atoms with Gasteiger partial charge in [0.15, 0.2) is 0 Å². The van der Waals surface area contributed by atoms with E-state index in [1.807, 2.05) is 0 Å². The molecule has 1 amide bonds. The Balaban J connectivity index is 2.10. The Hall–Kier alpha value is -1.75. The van der Waals surface area contributed by atoms with Crippen molar-refractivity contribution in [2.75, 3.05) is 25.4 Å². The summed E-state index contributed by atoms with van der Waals surface area (Å²) in [6.07, 6.45) is 1.53. The van der Waals surface area contributed by atoms with Crippen molar-refractivity contribution in [3.63, 3.8) is 0 Å². The lowest BCUT2D eigenvalue weighted by Crippen LogP contribution is -2.42. The number of ether oxygens (including phenoxy) is 1. The number of benzene rings is 1. The molecule has 6 heteroatoms. The number of carbonyl (C=O) groups is 2. The average Bonchev–Trinajstić information content (AvgIpc) is 2.46. The summed E-state index contributed by atoms with van der Waals surface area (Å²) < 4.78 is 5.04. The molecule has 0 spiro atoms. The normalized spacial score (nSPS) is 18.4. The van der Waals surface area contributed by atoms with E-state index in [1.165, 1.54) is 0 Å². The van der Waals surface area contributed by atoms with Gasteiger partial charge < -0.3 is 15.4 Å². The van der Waals surface area contributed by atoms with Crippen molar-refractivity contribution in [1.29, 1.82) is 0 Å². The zero-order valence-corrected chi connectivity index (χ0v) is 12.7. The summed E-state index contributed by atoms with van der Waals surface area (Å²) in [4.78, 5) is 26.0. The fourth-order valence-electron chi connectivity index (χ4n) is 2.53. The van der Waals surface area contributed by atoms with E-state index in [-0.39, 0.29) is 17.8 Å². The van der Waals surface area contributed by atoms with Crippen molar-refractivity contribution < 1.29 is 14.3 Å². The van der Waals surface area contributed by atoms with Crippen molar-refractivity contribution in [2.45, 2.75) is 19.8 Å². The maximum absolute atomic E-state index is 12.5. The summed E-state index contributed by atoms with van der Waals surface area (Å²) >= 11 is 5.93. The maximum atomic E-state index is 12.5. The zero-order chi connectivity index (χ0) is 15.4. The minimum atomic E-state index is -0.251. The van der Waals surface area contributed by atoms with Gasteiger partial charge in [0.1, 0.15) is 0 Å². The van der Waals surface area contributed by atoms with Crippen LogP contribution in [0, 0.1) is 5.92 Å². The Labute approximate surface area is 129 Å². The molecule has 0 saturated carbocycles. The van der Waals surface area contributed by atoms with Gasteiger partial charge in [0.25, 0.3) is 5.91 Å². The van der Waals surface area contributed by atoms with E-state index in [1.54, 1.807) is 30.0 Å². The van der Waals surface area contributed by atoms with Gasteiger partial charge in [-0.25, -0.2) is 0 Å². The molecule has 0 aliphatic carbocycles. The summed E-state index contributed by atoms with van der Waals surface area (Å²) in [6.45, 7) is 3.14. The van der Waals surface area contributed by atoms with Crippen molar-refractivity contribution in [2.24, 2.45) is 5.92 Å². The molecule has 5 nitrogen and oxygen atoms in total. The van der Waals surface area contributed by atoms with Crippen molar-refractivity contribution >= 4 is 29.2 Å². The number of piperidine rings is 1. The third-order valence-corrected chi connectivity index (χ3v) is 3.71. The molecule has 1 aliphatic rings. The number of halogens is 1. The second kappa shape index (κ2) is 6.80. The van der Waals surface area contributed by atoms with Gasteiger partial charge >= 0.3 is 5.97 Å². The van der Waals surface area contributed by atoms with Crippen LogP contribution in [-0.4, -0.2) is 36.5 Å². The minimum Gasteiger partial charge on any atom is -0.466 e. The number of hydrogen-bond donors (Lipinski definition) is 1. The van der Waals surface area contributed by atoms with Gasteiger partial charge in [-0.05, 0) is 38.0 Å². The SMILES string of the molecule is CCOC(=O)C1CCCN(C(=O)c2cc(N)cc(Cl)c2)C1. The predicted molar refractivity (Wildman–Crippen MR) is 81.1 cm³/mol. The molecule has 1 aromatic carbocycles.